The summed E-state index contributed by atoms with van der Waals surface area (Å²) in [6, 6.07) is 5.90. The maximum absolute atomic E-state index is 5.25. The molecule has 0 unspecified atom stereocenters. The van der Waals surface area contributed by atoms with Crippen molar-refractivity contribution in [2.75, 3.05) is 24.2 Å². The quantitative estimate of drug-likeness (QED) is 0.807. The Morgan fingerprint density at radius 3 is 2.94 bits per heavy atom. The van der Waals surface area contributed by atoms with Gasteiger partial charge in [-0.15, -0.1) is 0 Å². The van der Waals surface area contributed by atoms with E-state index in [4.69, 9.17) is 4.42 Å². The van der Waals surface area contributed by atoms with Gasteiger partial charge in [0.05, 0.1) is 30.0 Å². The van der Waals surface area contributed by atoms with Crippen LogP contribution in [-0.4, -0.2) is 18.6 Å². The van der Waals surface area contributed by atoms with Crippen molar-refractivity contribution in [2.24, 2.45) is 0 Å². The van der Waals surface area contributed by atoms with Crippen molar-refractivity contribution < 1.29 is 4.42 Å². The molecule has 0 radical (unpaired) electrons. The predicted octanol–water partition coefficient (Wildman–Crippen LogP) is 2.37. The van der Waals surface area contributed by atoms with Crippen LogP contribution in [0.25, 0.3) is 0 Å². The number of anilines is 2. The minimum Gasteiger partial charge on any atom is -0.469 e. The van der Waals surface area contributed by atoms with Crippen molar-refractivity contribution in [1.82, 2.24) is 4.98 Å². The fourth-order valence-corrected chi connectivity index (χ4v) is 1.46. The van der Waals surface area contributed by atoms with Gasteiger partial charge in [0.15, 0.2) is 0 Å². The molecule has 0 spiro atoms. The summed E-state index contributed by atoms with van der Waals surface area (Å²) >= 11 is 0. The molecule has 16 heavy (non-hydrogen) atoms. The topological polar surface area (TPSA) is 50.1 Å². The third-order valence-corrected chi connectivity index (χ3v) is 2.31. The predicted molar refractivity (Wildman–Crippen MR) is 64.7 cm³/mol. The van der Waals surface area contributed by atoms with Gasteiger partial charge in [-0.1, -0.05) is 0 Å². The second-order valence-electron chi connectivity index (χ2n) is 3.47. The lowest BCUT2D eigenvalue weighted by atomic mass is 10.3. The molecule has 2 heterocycles. The molecule has 0 fully saturated rings. The van der Waals surface area contributed by atoms with Crippen LogP contribution in [0.2, 0.25) is 0 Å². The molecule has 0 atom stereocenters. The summed E-state index contributed by atoms with van der Waals surface area (Å²) < 4.78 is 5.25. The second kappa shape index (κ2) is 5.21. The Morgan fingerprint density at radius 1 is 1.31 bits per heavy atom. The fourth-order valence-electron chi connectivity index (χ4n) is 1.46. The lowest BCUT2D eigenvalue weighted by Crippen LogP contribution is -2.04. The van der Waals surface area contributed by atoms with Gasteiger partial charge in [0.1, 0.15) is 5.76 Å². The van der Waals surface area contributed by atoms with Crippen molar-refractivity contribution in [3.8, 4) is 0 Å². The molecular formula is C12H15N3O. The number of hydrogen-bond donors (Lipinski definition) is 2. The molecule has 0 aliphatic rings. The van der Waals surface area contributed by atoms with Crippen LogP contribution in [0.4, 0.5) is 11.4 Å². The molecule has 0 aliphatic heterocycles. The summed E-state index contributed by atoms with van der Waals surface area (Å²) in [5.41, 5.74) is 2.02. The summed E-state index contributed by atoms with van der Waals surface area (Å²) in [7, 11) is 1.88. The zero-order chi connectivity index (χ0) is 11.2. The molecule has 0 saturated carbocycles. The molecule has 0 aliphatic carbocycles. The number of nitrogens with one attached hydrogen (secondary N) is 2. The van der Waals surface area contributed by atoms with Crippen molar-refractivity contribution in [3.05, 3.63) is 42.6 Å². The first-order chi connectivity index (χ1) is 7.88. The van der Waals surface area contributed by atoms with E-state index in [0.717, 1.165) is 30.1 Å². The lowest BCUT2D eigenvalue weighted by molar-refractivity contribution is 0.513. The molecule has 0 saturated heterocycles. The van der Waals surface area contributed by atoms with Crippen LogP contribution in [0.3, 0.4) is 0 Å². The summed E-state index contributed by atoms with van der Waals surface area (Å²) in [5.74, 6) is 0.991. The molecule has 2 aromatic heterocycles. The highest BCUT2D eigenvalue weighted by Gasteiger charge is 1.97. The fraction of sp³-hybridized carbons (Fsp3) is 0.250. The van der Waals surface area contributed by atoms with Gasteiger partial charge in [-0.3, -0.25) is 4.98 Å². The summed E-state index contributed by atoms with van der Waals surface area (Å²) in [6.07, 6.45) is 6.16. The Balaban J connectivity index is 1.85. The largest absolute Gasteiger partial charge is 0.469 e. The van der Waals surface area contributed by atoms with Gasteiger partial charge in [0.25, 0.3) is 0 Å². The van der Waals surface area contributed by atoms with E-state index in [2.05, 4.69) is 15.6 Å². The van der Waals surface area contributed by atoms with E-state index in [1.165, 1.54) is 0 Å². The van der Waals surface area contributed by atoms with Crippen LogP contribution >= 0.6 is 0 Å². The van der Waals surface area contributed by atoms with Crippen LogP contribution < -0.4 is 10.6 Å². The highest BCUT2D eigenvalue weighted by molar-refractivity contribution is 5.53. The number of furan rings is 1. The number of rotatable bonds is 5. The molecule has 4 nitrogen and oxygen atoms in total. The molecule has 0 aromatic carbocycles. The Kier molecular flexibility index (Phi) is 3.43. The third-order valence-electron chi connectivity index (χ3n) is 2.31. The molecular weight excluding hydrogens is 202 g/mol. The Hall–Kier alpha value is -1.97. The Labute approximate surface area is 94.7 Å². The molecule has 84 valence electrons. The number of pyridine rings is 1. The van der Waals surface area contributed by atoms with Crippen molar-refractivity contribution in [3.63, 3.8) is 0 Å². The molecule has 0 bridgehead atoms. The molecule has 2 aromatic rings. The molecule has 2 rings (SSSR count). The molecule has 4 heteroatoms. The van der Waals surface area contributed by atoms with Crippen molar-refractivity contribution in [1.29, 1.82) is 0 Å². The van der Waals surface area contributed by atoms with E-state index in [9.17, 15) is 0 Å². The summed E-state index contributed by atoms with van der Waals surface area (Å²) in [4.78, 5) is 4.12. The summed E-state index contributed by atoms with van der Waals surface area (Å²) in [5, 5.41) is 6.35. The maximum Gasteiger partial charge on any atom is 0.105 e. The zero-order valence-corrected chi connectivity index (χ0v) is 9.23. The third kappa shape index (κ3) is 2.76. The van der Waals surface area contributed by atoms with Gasteiger partial charge in [0, 0.05) is 20.0 Å². The van der Waals surface area contributed by atoms with Crippen LogP contribution in [0, 0.1) is 0 Å². The van der Waals surface area contributed by atoms with E-state index in [-0.39, 0.29) is 0 Å². The van der Waals surface area contributed by atoms with E-state index >= 15 is 0 Å². The smallest absolute Gasteiger partial charge is 0.105 e. The van der Waals surface area contributed by atoms with Crippen LogP contribution in [0.15, 0.2) is 41.3 Å². The SMILES string of the molecule is CNc1cncc(NCCc2ccco2)c1. The summed E-state index contributed by atoms with van der Waals surface area (Å²) in [6.45, 7) is 0.836. The highest BCUT2D eigenvalue weighted by atomic mass is 16.3. The van der Waals surface area contributed by atoms with Crippen molar-refractivity contribution >= 4 is 11.4 Å². The van der Waals surface area contributed by atoms with Gasteiger partial charge in [-0.05, 0) is 18.2 Å². The van der Waals surface area contributed by atoms with E-state index in [1.54, 1.807) is 12.5 Å². The van der Waals surface area contributed by atoms with E-state index < -0.39 is 0 Å². The Bertz CT molecular complexity index is 426. The average Bonchev–Trinajstić information content (AvgIpc) is 2.82. The molecule has 2 N–H and O–H groups in total. The first kappa shape index (κ1) is 10.5. The Morgan fingerprint density at radius 2 is 2.19 bits per heavy atom. The minimum absolute atomic E-state index is 0.836. The van der Waals surface area contributed by atoms with Gasteiger partial charge < -0.3 is 15.1 Å². The monoisotopic (exact) mass is 217 g/mol. The second-order valence-corrected chi connectivity index (χ2v) is 3.47. The van der Waals surface area contributed by atoms with E-state index in [1.807, 2.05) is 31.4 Å². The van der Waals surface area contributed by atoms with Gasteiger partial charge in [-0.25, -0.2) is 0 Å². The normalized spacial score (nSPS) is 10.1. The zero-order valence-electron chi connectivity index (χ0n) is 9.23. The average molecular weight is 217 g/mol. The first-order valence-electron chi connectivity index (χ1n) is 5.27. The highest BCUT2D eigenvalue weighted by Crippen LogP contribution is 2.12. The van der Waals surface area contributed by atoms with Gasteiger partial charge in [-0.2, -0.15) is 0 Å². The van der Waals surface area contributed by atoms with Crippen LogP contribution in [0.1, 0.15) is 5.76 Å². The number of hydrogen-bond acceptors (Lipinski definition) is 4. The maximum atomic E-state index is 5.25. The number of aromatic nitrogens is 1. The number of nitrogens with zero attached hydrogens (tertiary/aromatic N) is 1. The lowest BCUT2D eigenvalue weighted by Gasteiger charge is -2.06. The van der Waals surface area contributed by atoms with Gasteiger partial charge in [0.2, 0.25) is 0 Å². The molecule has 0 amide bonds. The standard InChI is InChI=1S/C12H15N3O/c1-13-10-7-11(9-14-8-10)15-5-4-12-3-2-6-16-12/h2-3,6-9,13,15H,4-5H2,1H3. The van der Waals surface area contributed by atoms with E-state index in [0.29, 0.717) is 0 Å². The van der Waals surface area contributed by atoms with Gasteiger partial charge >= 0.3 is 0 Å². The minimum atomic E-state index is 0.836. The first-order valence-corrected chi connectivity index (χ1v) is 5.27. The van der Waals surface area contributed by atoms with Crippen LogP contribution in [0.5, 0.6) is 0 Å². The van der Waals surface area contributed by atoms with Crippen LogP contribution in [-0.2, 0) is 6.42 Å². The van der Waals surface area contributed by atoms with Crippen molar-refractivity contribution in [2.45, 2.75) is 6.42 Å².